The second-order valence-electron chi connectivity index (χ2n) is 10.1. The van der Waals surface area contributed by atoms with Crippen molar-refractivity contribution < 1.29 is 67.0 Å². The molecule has 2 aromatic rings. The number of carbonyl (C=O) groups is 2. The molecule has 3 aliphatic rings. The highest BCUT2D eigenvalue weighted by Crippen LogP contribution is 2.48. The molecular weight excluding hydrogens is 630 g/mol. The van der Waals surface area contributed by atoms with Gasteiger partial charge in [0.05, 0.1) is 24.3 Å². The number of ketones is 2. The molecule has 0 unspecified atom stereocenters. The third-order valence-corrected chi connectivity index (χ3v) is 7.08. The van der Waals surface area contributed by atoms with E-state index >= 15 is 0 Å². The Kier molecular flexibility index (Phi) is 8.91. The van der Waals surface area contributed by atoms with Crippen LogP contribution in [0.4, 0.5) is 69.7 Å². The van der Waals surface area contributed by atoms with Gasteiger partial charge >= 0.3 is 36.3 Å². The second kappa shape index (κ2) is 11.8. The molecule has 44 heavy (non-hydrogen) atoms. The molecule has 0 amide bonds. The van der Waals surface area contributed by atoms with E-state index in [1.54, 1.807) is 6.07 Å². The van der Waals surface area contributed by atoms with Gasteiger partial charge in [0.25, 0.3) is 0 Å². The van der Waals surface area contributed by atoms with Gasteiger partial charge in [-0.1, -0.05) is 0 Å². The summed E-state index contributed by atoms with van der Waals surface area (Å²) in [7, 11) is 0. The Hall–Kier alpha value is -3.54. The van der Waals surface area contributed by atoms with Crippen molar-refractivity contribution in [2.45, 2.75) is 49.7 Å². The third kappa shape index (κ3) is 7.22. The van der Waals surface area contributed by atoms with Crippen LogP contribution in [0.25, 0.3) is 0 Å². The van der Waals surface area contributed by atoms with Crippen molar-refractivity contribution in [2.24, 2.45) is 0 Å². The molecule has 3 aliphatic heterocycles. The number of hydrogen-bond donors (Lipinski definition) is 2. The van der Waals surface area contributed by atoms with Gasteiger partial charge in [0, 0.05) is 47.7 Å². The minimum Gasteiger partial charge on any atom is -0.375 e. The molecule has 0 aromatic heterocycles. The number of nitrogens with one attached hydrogen (secondary N) is 2. The van der Waals surface area contributed by atoms with Crippen molar-refractivity contribution in [3.05, 3.63) is 52.6 Å². The Morgan fingerprint density at radius 1 is 0.795 bits per heavy atom. The molecule has 0 aliphatic carbocycles. The molecule has 2 atom stereocenters. The summed E-state index contributed by atoms with van der Waals surface area (Å²) in [6.07, 6.45) is -20.4. The average Bonchev–Trinajstić information content (AvgIpc) is 3.06. The van der Waals surface area contributed by atoms with Gasteiger partial charge in [0.1, 0.15) is 0 Å². The maximum atomic E-state index is 13.2. The first kappa shape index (κ1) is 33.4. The van der Waals surface area contributed by atoms with Crippen molar-refractivity contribution in [1.29, 1.82) is 0 Å². The lowest BCUT2D eigenvalue weighted by Gasteiger charge is -2.33. The van der Waals surface area contributed by atoms with Crippen LogP contribution >= 0.6 is 0 Å². The number of ether oxygens (including phenoxy) is 1. The number of hydrogen-bond acceptors (Lipinski definition) is 6. The highest BCUT2D eigenvalue weighted by molar-refractivity contribution is 6.41. The van der Waals surface area contributed by atoms with Crippen LogP contribution in [0, 0.1) is 0 Å². The van der Waals surface area contributed by atoms with E-state index in [0.29, 0.717) is 37.1 Å². The fourth-order valence-corrected chi connectivity index (χ4v) is 5.31. The van der Waals surface area contributed by atoms with E-state index in [1.165, 1.54) is 0 Å². The van der Waals surface area contributed by atoms with Crippen LogP contribution in [0.1, 0.15) is 34.6 Å². The molecule has 0 spiro atoms. The highest BCUT2D eigenvalue weighted by Gasteiger charge is 2.54. The lowest BCUT2D eigenvalue weighted by atomic mass is 9.89. The van der Waals surface area contributed by atoms with Gasteiger partial charge in [-0.25, -0.2) is 0 Å². The van der Waals surface area contributed by atoms with Crippen molar-refractivity contribution in [3.8, 4) is 0 Å². The van der Waals surface area contributed by atoms with E-state index in [9.17, 15) is 62.3 Å². The van der Waals surface area contributed by atoms with Crippen molar-refractivity contribution >= 4 is 28.6 Å². The fourth-order valence-electron chi connectivity index (χ4n) is 5.31. The number of piperidine rings is 1. The Balaban J connectivity index is 0.000000314. The molecule has 0 radical (unpaired) electrons. The maximum Gasteiger partial charge on any atom is 0.458 e. The predicted molar refractivity (Wildman–Crippen MR) is 129 cm³/mol. The number of halogens is 12. The first-order valence-corrected chi connectivity index (χ1v) is 12.7. The normalized spacial score (nSPS) is 20.1. The SMILES string of the molecule is FC(F)(F)c1cc(Nc2cc3c4c(c2)[C@@H]2CNCC[C@@H]2N4CCOC3)cc(C(F)(F)F)c1.O=C(C(=O)C(F)(F)F)C(F)(F)F. The first-order valence-electron chi connectivity index (χ1n) is 12.7. The first-order chi connectivity index (χ1) is 20.2. The van der Waals surface area contributed by atoms with Crippen LogP contribution in [-0.4, -0.2) is 56.2 Å². The predicted octanol–water partition coefficient (Wildman–Crippen LogP) is 6.51. The molecule has 2 N–H and O–H groups in total. The molecule has 1 fully saturated rings. The van der Waals surface area contributed by atoms with Crippen LogP contribution in [0.3, 0.4) is 0 Å². The van der Waals surface area contributed by atoms with E-state index in [4.69, 9.17) is 4.74 Å². The number of carbonyl (C=O) groups excluding carboxylic acids is 2. The van der Waals surface area contributed by atoms with Crippen molar-refractivity contribution in [1.82, 2.24) is 5.32 Å². The summed E-state index contributed by atoms with van der Waals surface area (Å²) in [4.78, 5) is 21.6. The van der Waals surface area contributed by atoms with E-state index in [0.717, 1.165) is 42.9 Å². The molecule has 0 saturated carbocycles. The van der Waals surface area contributed by atoms with Gasteiger partial charge in [-0.15, -0.1) is 0 Å². The average molecular weight is 651 g/mol. The summed E-state index contributed by atoms with van der Waals surface area (Å²) in [6.45, 7) is 3.35. The van der Waals surface area contributed by atoms with Gasteiger partial charge in [0.2, 0.25) is 0 Å². The molecule has 18 heteroatoms. The quantitative estimate of drug-likeness (QED) is 0.292. The van der Waals surface area contributed by atoms with Crippen molar-refractivity contribution in [3.63, 3.8) is 0 Å². The van der Waals surface area contributed by atoms with E-state index in [1.807, 2.05) is 6.07 Å². The van der Waals surface area contributed by atoms with Crippen LogP contribution in [0.2, 0.25) is 0 Å². The highest BCUT2D eigenvalue weighted by atomic mass is 19.4. The number of fused-ring (bicyclic) bond motifs is 3. The lowest BCUT2D eigenvalue weighted by molar-refractivity contribution is -0.193. The Labute approximate surface area is 240 Å². The van der Waals surface area contributed by atoms with Crippen molar-refractivity contribution in [2.75, 3.05) is 36.5 Å². The minimum absolute atomic E-state index is 0.131. The summed E-state index contributed by atoms with van der Waals surface area (Å²) in [6, 6.07) is 5.46. The monoisotopic (exact) mass is 651 g/mol. The van der Waals surface area contributed by atoms with Gasteiger partial charge < -0.3 is 20.3 Å². The molecule has 3 heterocycles. The minimum atomic E-state index is -5.77. The zero-order chi connectivity index (χ0) is 32.8. The topological polar surface area (TPSA) is 70.7 Å². The van der Waals surface area contributed by atoms with Crippen LogP contribution < -0.4 is 15.5 Å². The van der Waals surface area contributed by atoms with Crippen LogP contribution in [0.15, 0.2) is 30.3 Å². The molecule has 0 bridgehead atoms. The van der Waals surface area contributed by atoms with E-state index in [-0.39, 0.29) is 17.7 Å². The lowest BCUT2D eigenvalue weighted by Crippen LogP contribution is -2.44. The van der Waals surface area contributed by atoms with Gasteiger partial charge in [-0.2, -0.15) is 52.7 Å². The second-order valence-corrected chi connectivity index (χ2v) is 10.1. The fraction of sp³-hybridized carbons (Fsp3) is 0.462. The van der Waals surface area contributed by atoms with Crippen LogP contribution in [0.5, 0.6) is 0 Å². The summed E-state index contributed by atoms with van der Waals surface area (Å²) >= 11 is 0. The smallest absolute Gasteiger partial charge is 0.375 e. The summed E-state index contributed by atoms with van der Waals surface area (Å²) in [5.74, 6) is -6.60. The largest absolute Gasteiger partial charge is 0.458 e. The number of benzene rings is 2. The number of rotatable bonds is 3. The standard InChI is InChI=1S/C22H21F6N3O.C4F6O2/c23-21(24,25)13-6-14(22(26,27)28)8-16(7-13)30-15-5-12-11-32-4-3-31-19-1-2-29-10-18(19)17(9-15)20(12)31;5-3(6,7)1(11)2(12)4(8,9)10/h5-9,18-19,29-30H,1-4,10-11H2;/t18-,19-;/m0./s1. The molecule has 5 rings (SSSR count). The molecule has 242 valence electrons. The zero-order valence-corrected chi connectivity index (χ0v) is 22.0. The number of Topliss-reactive ketones (excluding diaryl/α,β-unsaturated/α-hetero) is 2. The van der Waals surface area contributed by atoms with Gasteiger partial charge in [-0.3, -0.25) is 9.59 Å². The van der Waals surface area contributed by atoms with E-state index < -0.39 is 47.4 Å². The summed E-state index contributed by atoms with van der Waals surface area (Å²) < 4.78 is 152. The molecule has 6 nitrogen and oxygen atoms in total. The maximum absolute atomic E-state index is 13.2. The molecule has 2 aromatic carbocycles. The zero-order valence-electron chi connectivity index (χ0n) is 22.0. The summed E-state index contributed by atoms with van der Waals surface area (Å²) in [5.41, 5.74) is 0.521. The van der Waals surface area contributed by atoms with Gasteiger partial charge in [0.15, 0.2) is 0 Å². The number of nitrogens with zero attached hydrogens (tertiary/aromatic N) is 1. The number of alkyl halides is 12. The third-order valence-electron chi connectivity index (χ3n) is 7.08. The van der Waals surface area contributed by atoms with E-state index in [2.05, 4.69) is 15.5 Å². The van der Waals surface area contributed by atoms with Crippen LogP contribution in [-0.2, 0) is 33.3 Å². The Morgan fingerprint density at radius 3 is 1.86 bits per heavy atom. The molecule has 1 saturated heterocycles. The van der Waals surface area contributed by atoms with Gasteiger partial charge in [-0.05, 0) is 48.9 Å². The Morgan fingerprint density at radius 2 is 1.34 bits per heavy atom. The summed E-state index contributed by atoms with van der Waals surface area (Å²) in [5, 5.41) is 6.18. The number of anilines is 3. The Bertz CT molecular complexity index is 1360. The molecular formula is C26H21F12N3O3.